The Kier molecular flexibility index (Phi) is 6.32. The van der Waals surface area contributed by atoms with Gasteiger partial charge in [-0.25, -0.2) is 37.3 Å². The summed E-state index contributed by atoms with van der Waals surface area (Å²) in [5, 5.41) is 7.95. The number of nitrogens with two attached hydrogens (primary N) is 1. The Morgan fingerprint density at radius 1 is 1.00 bits per heavy atom. The van der Waals surface area contributed by atoms with Crippen LogP contribution in [0, 0.1) is 17.5 Å². The van der Waals surface area contributed by atoms with Gasteiger partial charge in [0, 0.05) is 36.5 Å². The van der Waals surface area contributed by atoms with E-state index in [-0.39, 0.29) is 33.9 Å². The number of nitrogen functional groups attached to an aromatic ring is 1. The van der Waals surface area contributed by atoms with Crippen LogP contribution in [0.1, 0.15) is 11.4 Å². The number of nitrogens with one attached hydrogen (secondary N) is 1. The number of nitrogens with zero attached hydrogens (tertiary/aromatic N) is 7. The zero-order chi connectivity index (χ0) is 27.1. The van der Waals surface area contributed by atoms with Gasteiger partial charge in [0.25, 0.3) is 0 Å². The van der Waals surface area contributed by atoms with Gasteiger partial charge >= 0.3 is 11.4 Å². The molecule has 0 aliphatic rings. The topological polar surface area (TPSA) is 139 Å². The molecule has 0 saturated heterocycles. The van der Waals surface area contributed by atoms with E-state index >= 15 is 0 Å². The Hall–Kier alpha value is -4.72. The van der Waals surface area contributed by atoms with Gasteiger partial charge in [0.15, 0.2) is 17.5 Å². The van der Waals surface area contributed by atoms with Gasteiger partial charge < -0.3 is 11.1 Å². The lowest BCUT2D eigenvalue weighted by Crippen LogP contribution is -2.43. The highest BCUT2D eigenvalue weighted by atomic mass is 35.5. The van der Waals surface area contributed by atoms with Gasteiger partial charge in [-0.05, 0) is 24.3 Å². The molecule has 0 saturated carbocycles. The summed E-state index contributed by atoms with van der Waals surface area (Å²) in [5.41, 5.74) is 4.20. The smallest absolute Gasteiger partial charge is 0.355 e. The van der Waals surface area contributed by atoms with Crippen LogP contribution in [-0.2, 0) is 20.1 Å². The van der Waals surface area contributed by atoms with E-state index in [1.54, 1.807) is 30.1 Å². The van der Waals surface area contributed by atoms with Crippen molar-refractivity contribution in [3.05, 3.63) is 97.6 Å². The molecule has 0 radical (unpaired) electrons. The fraction of sp³-hybridized carbons (Fsp3) is 0.130. The monoisotopic (exact) mass is 543 g/mol. The van der Waals surface area contributed by atoms with Crippen LogP contribution < -0.4 is 22.4 Å². The minimum Gasteiger partial charge on any atom is -0.384 e. The number of rotatable bonds is 6. The molecule has 0 amide bonds. The van der Waals surface area contributed by atoms with E-state index in [0.29, 0.717) is 27.6 Å². The highest BCUT2D eigenvalue weighted by molar-refractivity contribution is 6.34. The van der Waals surface area contributed by atoms with Gasteiger partial charge in [0.05, 0.1) is 29.3 Å². The second-order valence-electron chi connectivity index (χ2n) is 8.25. The number of anilines is 3. The summed E-state index contributed by atoms with van der Waals surface area (Å²) in [6.07, 6.45) is 3.06. The molecule has 0 unspecified atom stereocenters. The number of halogens is 4. The van der Waals surface area contributed by atoms with E-state index in [9.17, 15) is 22.8 Å². The molecule has 3 N–H and O–H groups in total. The lowest BCUT2D eigenvalue weighted by molar-refractivity contribution is 0.485. The fourth-order valence-electron chi connectivity index (χ4n) is 3.78. The predicted octanol–water partition coefficient (Wildman–Crippen LogP) is 2.57. The lowest BCUT2D eigenvalue weighted by Gasteiger charge is -2.16. The summed E-state index contributed by atoms with van der Waals surface area (Å²) in [6.45, 7) is -1.01. The van der Waals surface area contributed by atoms with Crippen LogP contribution in [0.4, 0.5) is 30.6 Å². The first kappa shape index (κ1) is 25.0. The molecule has 0 spiro atoms. The number of aromatic nitrogens is 7. The van der Waals surface area contributed by atoms with Gasteiger partial charge in [0.1, 0.15) is 11.6 Å². The molecule has 0 aliphatic carbocycles. The van der Waals surface area contributed by atoms with Crippen LogP contribution in [0.15, 0.2) is 52.3 Å². The van der Waals surface area contributed by atoms with Crippen molar-refractivity contribution in [3.8, 4) is 0 Å². The third-order valence-corrected chi connectivity index (χ3v) is 5.86. The molecule has 38 heavy (non-hydrogen) atoms. The quantitative estimate of drug-likeness (QED) is 0.312. The van der Waals surface area contributed by atoms with E-state index in [1.807, 2.05) is 0 Å². The summed E-state index contributed by atoms with van der Waals surface area (Å²) >= 11 is 6.38. The molecule has 3 heterocycles. The van der Waals surface area contributed by atoms with Crippen LogP contribution in [0.3, 0.4) is 0 Å². The van der Waals surface area contributed by atoms with Crippen LogP contribution in [-0.4, -0.2) is 33.9 Å². The zero-order valence-corrected chi connectivity index (χ0v) is 20.2. The van der Waals surface area contributed by atoms with Crippen molar-refractivity contribution >= 4 is 40.0 Å². The Morgan fingerprint density at radius 3 is 2.53 bits per heavy atom. The van der Waals surface area contributed by atoms with E-state index < -0.39 is 41.9 Å². The molecule has 0 atom stereocenters. The zero-order valence-electron chi connectivity index (χ0n) is 19.5. The van der Waals surface area contributed by atoms with Gasteiger partial charge in [0.2, 0.25) is 5.95 Å². The van der Waals surface area contributed by atoms with Crippen molar-refractivity contribution in [1.29, 1.82) is 0 Å². The van der Waals surface area contributed by atoms with Crippen molar-refractivity contribution in [2.45, 2.75) is 13.1 Å². The first-order valence-electron chi connectivity index (χ1n) is 10.9. The molecular formula is C23H17ClF3N9O2. The highest BCUT2D eigenvalue weighted by Crippen LogP contribution is 2.29. The molecule has 15 heteroatoms. The van der Waals surface area contributed by atoms with Crippen LogP contribution in [0.2, 0.25) is 5.02 Å². The minimum absolute atomic E-state index is 0.0438. The SMILES string of the molecule is Cn1cc2cc(Nc3nc(=O)n(Cc4nccc(N)n4)c(=O)n3Cc3cc(F)c(F)cc3F)c(Cl)cc2n1. The Bertz CT molecular complexity index is 1830. The Labute approximate surface area is 216 Å². The normalized spacial score (nSPS) is 11.3. The molecule has 5 rings (SSSR count). The molecule has 5 aromatic rings. The summed E-state index contributed by atoms with van der Waals surface area (Å²) in [5.74, 6) is -3.98. The van der Waals surface area contributed by atoms with Crippen molar-refractivity contribution in [2.75, 3.05) is 11.1 Å². The van der Waals surface area contributed by atoms with E-state index in [1.165, 1.54) is 12.3 Å². The van der Waals surface area contributed by atoms with Gasteiger partial charge in [-0.3, -0.25) is 9.25 Å². The molecule has 194 valence electrons. The molecule has 0 aliphatic heterocycles. The van der Waals surface area contributed by atoms with E-state index in [0.717, 1.165) is 4.57 Å². The summed E-state index contributed by atoms with van der Waals surface area (Å²) < 4.78 is 45.1. The maximum Gasteiger partial charge on any atom is 0.355 e. The third-order valence-electron chi connectivity index (χ3n) is 5.55. The van der Waals surface area contributed by atoms with Gasteiger partial charge in [-0.2, -0.15) is 10.1 Å². The second kappa shape index (κ2) is 9.63. The van der Waals surface area contributed by atoms with Crippen LogP contribution in [0.25, 0.3) is 10.9 Å². The maximum absolute atomic E-state index is 14.5. The molecule has 0 fully saturated rings. The predicted molar refractivity (Wildman–Crippen MR) is 133 cm³/mol. The average Bonchev–Trinajstić information content (AvgIpc) is 3.21. The number of aryl methyl sites for hydroxylation is 1. The van der Waals surface area contributed by atoms with E-state index in [4.69, 9.17) is 17.3 Å². The summed E-state index contributed by atoms with van der Waals surface area (Å²) in [4.78, 5) is 38.3. The first-order chi connectivity index (χ1) is 18.1. The Balaban J connectivity index is 1.65. The largest absolute Gasteiger partial charge is 0.384 e. The molecule has 0 bridgehead atoms. The van der Waals surface area contributed by atoms with Gasteiger partial charge in [-0.15, -0.1) is 0 Å². The second-order valence-corrected chi connectivity index (χ2v) is 8.65. The first-order valence-corrected chi connectivity index (χ1v) is 11.3. The number of fused-ring (bicyclic) bond motifs is 1. The molecule has 11 nitrogen and oxygen atoms in total. The number of hydrogen-bond donors (Lipinski definition) is 2. The van der Waals surface area contributed by atoms with Crippen LogP contribution in [0.5, 0.6) is 0 Å². The van der Waals surface area contributed by atoms with Gasteiger partial charge in [-0.1, -0.05) is 11.6 Å². The summed E-state index contributed by atoms with van der Waals surface area (Å²) in [6, 6.07) is 5.58. The standard InChI is InChI=1S/C23H17ClF3N9O2/c1-34-8-12-5-18(13(24)6-17(12)33-34)30-21-32-22(37)36(10-20-29-3-2-19(28)31-20)23(38)35(21)9-11-4-15(26)16(27)7-14(11)25/h2-8H,9-10H2,1H3,(H2,28,29,31)(H,30,32,37). The van der Waals surface area contributed by atoms with Crippen molar-refractivity contribution in [2.24, 2.45) is 7.05 Å². The van der Waals surface area contributed by atoms with Crippen molar-refractivity contribution < 1.29 is 13.2 Å². The average molecular weight is 544 g/mol. The minimum atomic E-state index is -1.39. The molecular weight excluding hydrogens is 527 g/mol. The summed E-state index contributed by atoms with van der Waals surface area (Å²) in [7, 11) is 1.72. The molecule has 3 aromatic heterocycles. The fourth-order valence-corrected chi connectivity index (χ4v) is 3.98. The maximum atomic E-state index is 14.5. The van der Waals surface area contributed by atoms with Crippen molar-refractivity contribution in [3.63, 3.8) is 0 Å². The number of hydrogen-bond acceptors (Lipinski definition) is 8. The number of benzene rings is 2. The molecule has 2 aromatic carbocycles. The van der Waals surface area contributed by atoms with E-state index in [2.05, 4.69) is 25.4 Å². The highest BCUT2D eigenvalue weighted by Gasteiger charge is 2.19. The lowest BCUT2D eigenvalue weighted by atomic mass is 10.2. The third kappa shape index (κ3) is 4.80. The van der Waals surface area contributed by atoms with Crippen LogP contribution >= 0.6 is 11.6 Å². The Morgan fingerprint density at radius 2 is 1.76 bits per heavy atom. The van der Waals surface area contributed by atoms with Crippen molar-refractivity contribution in [1.82, 2.24) is 33.9 Å².